The number of nitrogens with one attached hydrogen (secondary N) is 1. The predicted octanol–water partition coefficient (Wildman–Crippen LogP) is 4.67. The number of halogens is 2. The molecule has 1 heterocycles. The molecule has 0 unspecified atom stereocenters. The van der Waals surface area contributed by atoms with Crippen LogP contribution in [0.5, 0.6) is 0 Å². The highest BCUT2D eigenvalue weighted by molar-refractivity contribution is 7.89. The van der Waals surface area contributed by atoms with Crippen LogP contribution in [0.3, 0.4) is 0 Å². The molecular weight excluding hydrogens is 407 g/mol. The first kappa shape index (κ1) is 20.1. The molecule has 0 atom stereocenters. The molecule has 2 aromatic rings. The van der Waals surface area contributed by atoms with Gasteiger partial charge in [-0.3, -0.25) is 4.79 Å². The van der Waals surface area contributed by atoms with Crippen molar-refractivity contribution in [1.29, 1.82) is 0 Å². The molecule has 1 N–H and O–H groups in total. The van der Waals surface area contributed by atoms with E-state index in [0.717, 1.165) is 12.8 Å². The zero-order valence-electron chi connectivity index (χ0n) is 14.8. The van der Waals surface area contributed by atoms with Crippen molar-refractivity contribution in [2.75, 3.05) is 18.4 Å². The average molecular weight is 427 g/mol. The van der Waals surface area contributed by atoms with Crippen LogP contribution in [0, 0.1) is 5.92 Å². The number of amides is 1. The van der Waals surface area contributed by atoms with E-state index in [0.29, 0.717) is 35.3 Å². The highest BCUT2D eigenvalue weighted by atomic mass is 35.5. The first-order valence-electron chi connectivity index (χ1n) is 8.64. The summed E-state index contributed by atoms with van der Waals surface area (Å²) in [5.41, 5.74) is 0.775. The van der Waals surface area contributed by atoms with E-state index in [1.807, 2.05) is 0 Å². The standard InChI is InChI=1S/C19H20Cl2N2O3S/c1-13-8-10-23(11-9-13)27(25,26)16-5-3-15(4-6-16)22-19(24)17-7-2-14(20)12-18(17)21/h2-7,12-13H,8-11H2,1H3,(H,22,24). The third-order valence-electron chi connectivity index (χ3n) is 4.67. The van der Waals surface area contributed by atoms with Gasteiger partial charge in [-0.05, 0) is 61.2 Å². The number of hydrogen-bond donors (Lipinski definition) is 1. The molecule has 144 valence electrons. The van der Waals surface area contributed by atoms with Crippen LogP contribution in [0.2, 0.25) is 10.0 Å². The third kappa shape index (κ3) is 4.63. The minimum absolute atomic E-state index is 0.222. The maximum atomic E-state index is 12.7. The monoisotopic (exact) mass is 426 g/mol. The van der Waals surface area contributed by atoms with Gasteiger partial charge < -0.3 is 5.32 Å². The topological polar surface area (TPSA) is 66.5 Å². The number of piperidine rings is 1. The number of benzene rings is 2. The molecule has 8 heteroatoms. The first-order valence-corrected chi connectivity index (χ1v) is 10.8. The lowest BCUT2D eigenvalue weighted by atomic mass is 10.0. The number of hydrogen-bond acceptors (Lipinski definition) is 3. The molecule has 0 saturated carbocycles. The fourth-order valence-electron chi connectivity index (χ4n) is 2.96. The summed E-state index contributed by atoms with van der Waals surface area (Å²) in [6, 6.07) is 10.8. The normalized spacial score (nSPS) is 16.3. The second-order valence-corrected chi connectivity index (χ2v) is 9.47. The summed E-state index contributed by atoms with van der Waals surface area (Å²) >= 11 is 11.9. The third-order valence-corrected chi connectivity index (χ3v) is 7.13. The quantitative estimate of drug-likeness (QED) is 0.772. The van der Waals surface area contributed by atoms with Gasteiger partial charge in [-0.25, -0.2) is 8.42 Å². The van der Waals surface area contributed by atoms with Gasteiger partial charge in [-0.2, -0.15) is 4.31 Å². The van der Waals surface area contributed by atoms with Gasteiger partial charge in [0.05, 0.1) is 15.5 Å². The van der Waals surface area contributed by atoms with Crippen molar-refractivity contribution in [2.24, 2.45) is 5.92 Å². The molecule has 0 bridgehead atoms. The van der Waals surface area contributed by atoms with Gasteiger partial charge in [0.15, 0.2) is 0 Å². The van der Waals surface area contributed by atoms with Crippen LogP contribution < -0.4 is 5.32 Å². The van der Waals surface area contributed by atoms with Gasteiger partial charge in [0.2, 0.25) is 10.0 Å². The Labute approximate surface area is 169 Å². The Kier molecular flexibility index (Phi) is 6.11. The Morgan fingerprint density at radius 3 is 2.30 bits per heavy atom. The summed E-state index contributed by atoms with van der Waals surface area (Å²) in [6.45, 7) is 3.21. The molecule has 1 aliphatic heterocycles. The molecular formula is C19H20Cl2N2O3S. The van der Waals surface area contributed by atoms with Crippen molar-refractivity contribution in [3.63, 3.8) is 0 Å². The van der Waals surface area contributed by atoms with Gasteiger partial charge in [-0.1, -0.05) is 30.1 Å². The molecule has 0 radical (unpaired) electrons. The van der Waals surface area contributed by atoms with E-state index in [9.17, 15) is 13.2 Å². The predicted molar refractivity (Wildman–Crippen MR) is 108 cm³/mol. The van der Waals surface area contributed by atoms with Crippen molar-refractivity contribution in [1.82, 2.24) is 4.31 Å². The lowest BCUT2D eigenvalue weighted by Gasteiger charge is -2.29. The average Bonchev–Trinajstić information content (AvgIpc) is 2.62. The van der Waals surface area contributed by atoms with Gasteiger partial charge in [-0.15, -0.1) is 0 Å². The van der Waals surface area contributed by atoms with Crippen LogP contribution in [0.15, 0.2) is 47.4 Å². The van der Waals surface area contributed by atoms with Crippen molar-refractivity contribution >= 4 is 44.8 Å². The second kappa shape index (κ2) is 8.19. The van der Waals surface area contributed by atoms with Crippen molar-refractivity contribution in [3.8, 4) is 0 Å². The van der Waals surface area contributed by atoms with E-state index in [2.05, 4.69) is 12.2 Å². The highest BCUT2D eigenvalue weighted by Gasteiger charge is 2.27. The maximum Gasteiger partial charge on any atom is 0.257 e. The van der Waals surface area contributed by atoms with Crippen LogP contribution >= 0.6 is 23.2 Å². The molecule has 0 aromatic heterocycles. The Hall–Kier alpha value is -1.60. The Morgan fingerprint density at radius 1 is 1.07 bits per heavy atom. The zero-order valence-corrected chi connectivity index (χ0v) is 17.1. The molecule has 1 aliphatic rings. The van der Waals surface area contributed by atoms with Crippen LogP contribution in [0.4, 0.5) is 5.69 Å². The molecule has 1 amide bonds. The molecule has 3 rings (SSSR count). The van der Waals surface area contributed by atoms with Crippen LogP contribution in [-0.2, 0) is 10.0 Å². The fourth-order valence-corrected chi connectivity index (χ4v) is 4.92. The summed E-state index contributed by atoms with van der Waals surface area (Å²) in [7, 11) is -3.51. The number of nitrogens with zero attached hydrogens (tertiary/aromatic N) is 1. The number of rotatable bonds is 4. The van der Waals surface area contributed by atoms with E-state index >= 15 is 0 Å². The lowest BCUT2D eigenvalue weighted by molar-refractivity contribution is 0.102. The molecule has 27 heavy (non-hydrogen) atoms. The van der Waals surface area contributed by atoms with Gasteiger partial charge in [0.1, 0.15) is 0 Å². The molecule has 2 aromatic carbocycles. The minimum atomic E-state index is -3.51. The summed E-state index contributed by atoms with van der Waals surface area (Å²) in [6.07, 6.45) is 1.74. The zero-order chi connectivity index (χ0) is 19.6. The Balaban J connectivity index is 1.72. The number of sulfonamides is 1. The number of anilines is 1. The Morgan fingerprint density at radius 2 is 1.70 bits per heavy atom. The number of carbonyl (C=O) groups excluding carboxylic acids is 1. The van der Waals surface area contributed by atoms with Gasteiger partial charge in [0.25, 0.3) is 5.91 Å². The SMILES string of the molecule is CC1CCN(S(=O)(=O)c2ccc(NC(=O)c3ccc(Cl)cc3Cl)cc2)CC1. The van der Waals surface area contributed by atoms with Gasteiger partial charge in [0, 0.05) is 23.8 Å². The van der Waals surface area contributed by atoms with E-state index in [1.165, 1.54) is 28.6 Å². The second-order valence-electron chi connectivity index (χ2n) is 6.69. The van der Waals surface area contributed by atoms with Crippen LogP contribution in [0.25, 0.3) is 0 Å². The van der Waals surface area contributed by atoms with Crippen molar-refractivity contribution in [3.05, 3.63) is 58.1 Å². The maximum absolute atomic E-state index is 12.7. The molecule has 5 nitrogen and oxygen atoms in total. The van der Waals surface area contributed by atoms with Crippen LogP contribution in [-0.4, -0.2) is 31.7 Å². The summed E-state index contributed by atoms with van der Waals surface area (Å²) in [5, 5.41) is 3.40. The first-order chi connectivity index (χ1) is 12.8. The fraction of sp³-hybridized carbons (Fsp3) is 0.316. The molecule has 1 saturated heterocycles. The summed E-state index contributed by atoms with van der Waals surface area (Å²) in [4.78, 5) is 12.6. The molecule has 0 spiro atoms. The lowest BCUT2D eigenvalue weighted by Crippen LogP contribution is -2.37. The minimum Gasteiger partial charge on any atom is -0.322 e. The largest absolute Gasteiger partial charge is 0.322 e. The van der Waals surface area contributed by atoms with Gasteiger partial charge >= 0.3 is 0 Å². The van der Waals surface area contributed by atoms with E-state index in [1.54, 1.807) is 18.2 Å². The van der Waals surface area contributed by atoms with E-state index < -0.39 is 15.9 Å². The molecule has 0 aliphatic carbocycles. The van der Waals surface area contributed by atoms with Crippen LogP contribution in [0.1, 0.15) is 30.1 Å². The van der Waals surface area contributed by atoms with E-state index in [-0.39, 0.29) is 9.92 Å². The van der Waals surface area contributed by atoms with Crippen molar-refractivity contribution < 1.29 is 13.2 Å². The summed E-state index contributed by atoms with van der Waals surface area (Å²) < 4.78 is 27.0. The number of carbonyl (C=O) groups is 1. The van der Waals surface area contributed by atoms with Crippen molar-refractivity contribution in [2.45, 2.75) is 24.7 Å². The highest BCUT2D eigenvalue weighted by Crippen LogP contribution is 2.25. The Bertz CT molecular complexity index is 938. The smallest absolute Gasteiger partial charge is 0.257 e. The van der Waals surface area contributed by atoms with E-state index in [4.69, 9.17) is 23.2 Å². The summed E-state index contributed by atoms with van der Waals surface area (Å²) in [5.74, 6) is 0.158. The molecule has 1 fully saturated rings.